The van der Waals surface area contributed by atoms with Gasteiger partial charge in [-0.05, 0) is 54.7 Å². The molecule has 0 heterocycles. The van der Waals surface area contributed by atoms with Crippen LogP contribution in [-0.4, -0.2) is 17.7 Å². The van der Waals surface area contributed by atoms with Gasteiger partial charge in [-0.1, -0.05) is 19.1 Å². The molecule has 3 saturated carbocycles. The third kappa shape index (κ3) is 1.67. The van der Waals surface area contributed by atoms with Gasteiger partial charge in [0.05, 0.1) is 12.5 Å². The van der Waals surface area contributed by atoms with Crippen LogP contribution in [0.2, 0.25) is 0 Å². The molecule has 0 saturated heterocycles. The molecular formula is C16H20O3. The van der Waals surface area contributed by atoms with Crippen molar-refractivity contribution in [2.24, 2.45) is 11.3 Å². The van der Waals surface area contributed by atoms with Crippen LogP contribution >= 0.6 is 0 Å². The van der Waals surface area contributed by atoms with Crippen LogP contribution in [0.4, 0.5) is 0 Å². The Bertz CT molecular complexity index is 483. The molecule has 2 bridgehead atoms. The predicted octanol–water partition coefficient (Wildman–Crippen LogP) is 3.01. The van der Waals surface area contributed by atoms with Gasteiger partial charge in [-0.25, -0.2) is 0 Å². The van der Waals surface area contributed by atoms with E-state index in [-0.39, 0.29) is 22.7 Å². The van der Waals surface area contributed by atoms with Crippen LogP contribution in [0.1, 0.15) is 38.7 Å². The minimum Gasteiger partial charge on any atom is -0.508 e. The largest absolute Gasteiger partial charge is 0.508 e. The van der Waals surface area contributed by atoms with Crippen molar-refractivity contribution in [2.45, 2.75) is 38.5 Å². The summed E-state index contributed by atoms with van der Waals surface area (Å²) >= 11 is 0. The van der Waals surface area contributed by atoms with Crippen LogP contribution < -0.4 is 0 Å². The summed E-state index contributed by atoms with van der Waals surface area (Å²) in [5, 5.41) is 9.34. The summed E-state index contributed by atoms with van der Waals surface area (Å²) in [6.07, 6.45) is 3.22. The van der Waals surface area contributed by atoms with E-state index in [1.54, 1.807) is 12.1 Å². The van der Waals surface area contributed by atoms with Crippen LogP contribution in [0.3, 0.4) is 0 Å². The lowest BCUT2D eigenvalue weighted by Gasteiger charge is -2.73. The first kappa shape index (κ1) is 12.5. The fourth-order valence-corrected chi connectivity index (χ4v) is 3.96. The molecule has 3 aliphatic rings. The molecule has 0 aromatic heterocycles. The van der Waals surface area contributed by atoms with Crippen LogP contribution in [0.5, 0.6) is 5.75 Å². The Morgan fingerprint density at radius 1 is 1.32 bits per heavy atom. The van der Waals surface area contributed by atoms with E-state index in [0.717, 1.165) is 19.3 Å². The van der Waals surface area contributed by atoms with Crippen molar-refractivity contribution < 1.29 is 14.6 Å². The van der Waals surface area contributed by atoms with E-state index in [9.17, 15) is 9.90 Å². The summed E-state index contributed by atoms with van der Waals surface area (Å²) in [6.45, 7) is 4.31. The van der Waals surface area contributed by atoms with E-state index in [1.807, 2.05) is 26.0 Å². The highest BCUT2D eigenvalue weighted by Gasteiger charge is 2.71. The topological polar surface area (TPSA) is 46.5 Å². The first-order valence-corrected chi connectivity index (χ1v) is 6.98. The van der Waals surface area contributed by atoms with E-state index >= 15 is 0 Å². The van der Waals surface area contributed by atoms with Crippen molar-refractivity contribution in [1.82, 2.24) is 0 Å². The molecule has 1 N–H and O–H groups in total. The van der Waals surface area contributed by atoms with Gasteiger partial charge < -0.3 is 9.84 Å². The molecule has 0 spiro atoms. The van der Waals surface area contributed by atoms with Gasteiger partial charge in [0, 0.05) is 0 Å². The Morgan fingerprint density at radius 3 is 2.42 bits per heavy atom. The molecule has 1 aromatic rings. The summed E-state index contributed by atoms with van der Waals surface area (Å²) in [5.74, 6) is 0.262. The smallest absolute Gasteiger partial charge is 0.309 e. The summed E-state index contributed by atoms with van der Waals surface area (Å²) in [7, 11) is 0. The predicted molar refractivity (Wildman–Crippen MR) is 71.9 cm³/mol. The second-order valence-electron chi connectivity index (χ2n) is 6.19. The summed E-state index contributed by atoms with van der Waals surface area (Å²) in [5.41, 5.74) is 1.72. The number of esters is 1. The average Bonchev–Trinajstić information content (AvgIpc) is 2.28. The van der Waals surface area contributed by atoms with Crippen molar-refractivity contribution in [2.75, 3.05) is 6.61 Å². The number of hydrogen-bond donors (Lipinski definition) is 1. The second kappa shape index (κ2) is 3.99. The number of phenolic OH excluding ortho intramolecular Hbond substituents is 1. The Morgan fingerprint density at radius 2 is 1.89 bits per heavy atom. The van der Waals surface area contributed by atoms with Gasteiger partial charge in [-0.3, -0.25) is 4.79 Å². The lowest BCUT2D eigenvalue weighted by molar-refractivity contribution is -0.197. The monoisotopic (exact) mass is 260 g/mol. The number of rotatable bonds is 4. The minimum atomic E-state index is -0.0542. The van der Waals surface area contributed by atoms with Crippen molar-refractivity contribution >= 4 is 5.97 Å². The number of carbonyl (C=O) groups excluding carboxylic acids is 1. The van der Waals surface area contributed by atoms with E-state index in [0.29, 0.717) is 12.4 Å². The maximum atomic E-state index is 11.8. The standard InChI is InChI=1S/C16H20O3/c1-3-19-14(18)11(2)15-8-16(9-15,10-15)12-4-6-13(17)7-5-12/h4-7,11,17H,3,8-10H2,1-2H3. The Kier molecular flexibility index (Phi) is 2.63. The quantitative estimate of drug-likeness (QED) is 0.846. The van der Waals surface area contributed by atoms with Gasteiger partial charge in [0.1, 0.15) is 5.75 Å². The molecular weight excluding hydrogens is 240 g/mol. The Labute approximate surface area is 113 Å². The lowest BCUT2D eigenvalue weighted by Crippen LogP contribution is -2.68. The molecule has 3 fully saturated rings. The molecule has 0 amide bonds. The zero-order valence-corrected chi connectivity index (χ0v) is 11.5. The number of aromatic hydroxyl groups is 1. The van der Waals surface area contributed by atoms with Crippen LogP contribution in [0, 0.1) is 11.3 Å². The molecule has 102 valence electrons. The average molecular weight is 260 g/mol. The molecule has 0 radical (unpaired) electrons. The summed E-state index contributed by atoms with van der Waals surface area (Å²) in [4.78, 5) is 11.8. The molecule has 4 rings (SSSR count). The van der Waals surface area contributed by atoms with E-state index in [2.05, 4.69) is 0 Å². The summed E-state index contributed by atoms with van der Waals surface area (Å²) < 4.78 is 5.13. The Hall–Kier alpha value is -1.51. The van der Waals surface area contributed by atoms with E-state index in [1.165, 1.54) is 5.56 Å². The van der Waals surface area contributed by atoms with Gasteiger partial charge in [-0.15, -0.1) is 0 Å². The van der Waals surface area contributed by atoms with Gasteiger partial charge in [0.15, 0.2) is 0 Å². The molecule has 1 unspecified atom stereocenters. The van der Waals surface area contributed by atoms with E-state index < -0.39 is 0 Å². The fraction of sp³-hybridized carbons (Fsp3) is 0.562. The highest BCUT2D eigenvalue weighted by molar-refractivity contribution is 5.74. The highest BCUT2D eigenvalue weighted by atomic mass is 16.5. The van der Waals surface area contributed by atoms with Crippen molar-refractivity contribution in [3.8, 4) is 5.75 Å². The zero-order chi connectivity index (χ0) is 13.7. The number of ether oxygens (including phenoxy) is 1. The van der Waals surface area contributed by atoms with Crippen molar-refractivity contribution in [3.05, 3.63) is 29.8 Å². The van der Waals surface area contributed by atoms with Gasteiger partial charge >= 0.3 is 5.97 Å². The first-order chi connectivity index (χ1) is 9.01. The highest BCUT2D eigenvalue weighted by Crippen LogP contribution is 2.76. The molecule has 19 heavy (non-hydrogen) atoms. The third-order valence-corrected chi connectivity index (χ3v) is 5.11. The Balaban J connectivity index is 1.68. The molecule has 3 heteroatoms. The first-order valence-electron chi connectivity index (χ1n) is 6.98. The third-order valence-electron chi connectivity index (χ3n) is 5.11. The van der Waals surface area contributed by atoms with Crippen LogP contribution in [0.25, 0.3) is 0 Å². The number of hydrogen-bond acceptors (Lipinski definition) is 3. The van der Waals surface area contributed by atoms with Gasteiger partial charge in [-0.2, -0.15) is 0 Å². The van der Waals surface area contributed by atoms with E-state index in [4.69, 9.17) is 4.74 Å². The minimum absolute atomic E-state index is 0.00596. The number of phenols is 1. The molecule has 1 aromatic carbocycles. The van der Waals surface area contributed by atoms with Crippen molar-refractivity contribution in [3.63, 3.8) is 0 Å². The normalized spacial score (nSPS) is 32.9. The molecule has 0 aliphatic heterocycles. The van der Waals surface area contributed by atoms with Crippen LogP contribution in [-0.2, 0) is 14.9 Å². The number of benzene rings is 1. The molecule has 3 nitrogen and oxygen atoms in total. The van der Waals surface area contributed by atoms with Gasteiger partial charge in [0.2, 0.25) is 0 Å². The van der Waals surface area contributed by atoms with Crippen molar-refractivity contribution in [1.29, 1.82) is 0 Å². The fourth-order valence-electron chi connectivity index (χ4n) is 3.96. The SMILES string of the molecule is CCOC(=O)C(C)C12CC(c3ccc(O)cc3)(C1)C2. The molecule has 1 atom stereocenters. The van der Waals surface area contributed by atoms with Gasteiger partial charge in [0.25, 0.3) is 0 Å². The maximum absolute atomic E-state index is 11.8. The lowest BCUT2D eigenvalue weighted by atomic mass is 9.31. The van der Waals surface area contributed by atoms with Crippen LogP contribution in [0.15, 0.2) is 24.3 Å². The second-order valence-corrected chi connectivity index (χ2v) is 6.19. The maximum Gasteiger partial charge on any atom is 0.309 e. The molecule has 3 aliphatic carbocycles. The summed E-state index contributed by atoms with van der Waals surface area (Å²) in [6, 6.07) is 7.51. The number of carbonyl (C=O) groups is 1. The zero-order valence-electron chi connectivity index (χ0n) is 11.5.